The van der Waals surface area contributed by atoms with Crippen LogP contribution in [0.3, 0.4) is 0 Å². The van der Waals surface area contributed by atoms with Crippen molar-refractivity contribution >= 4 is 22.7 Å². The number of piperazine rings is 1. The monoisotopic (exact) mass is 514 g/mol. The van der Waals surface area contributed by atoms with Crippen LogP contribution in [0.5, 0.6) is 0 Å². The quantitative estimate of drug-likeness (QED) is 0.228. The number of benzene rings is 3. The molecule has 0 aliphatic carbocycles. The van der Waals surface area contributed by atoms with E-state index in [-0.39, 0.29) is 18.8 Å². The SMILES string of the molecule is COCCOC(=O)c1ccc2c(c1)ncn2-c1cccc(N2CCN(C(C)OCc3ccccc3)CC2)c1. The fraction of sp³-hybridized carbons (Fsp3) is 0.333. The Bertz CT molecular complexity index is 1350. The number of esters is 1. The van der Waals surface area contributed by atoms with E-state index in [2.05, 4.69) is 62.7 Å². The summed E-state index contributed by atoms with van der Waals surface area (Å²) in [7, 11) is 1.57. The molecule has 0 amide bonds. The lowest BCUT2D eigenvalue weighted by atomic mass is 10.2. The minimum absolute atomic E-state index is 0.0724. The van der Waals surface area contributed by atoms with Gasteiger partial charge in [0.05, 0.1) is 29.8 Å². The van der Waals surface area contributed by atoms with E-state index in [1.54, 1.807) is 25.6 Å². The largest absolute Gasteiger partial charge is 0.460 e. The minimum Gasteiger partial charge on any atom is -0.460 e. The molecule has 8 heteroatoms. The number of methoxy groups -OCH3 is 1. The highest BCUT2D eigenvalue weighted by atomic mass is 16.6. The van der Waals surface area contributed by atoms with E-state index in [0.717, 1.165) is 42.9 Å². The Kier molecular flexibility index (Phi) is 8.33. The van der Waals surface area contributed by atoms with E-state index in [0.29, 0.717) is 18.8 Å². The van der Waals surface area contributed by atoms with Crippen molar-refractivity contribution in [1.82, 2.24) is 14.5 Å². The Morgan fingerprint density at radius 1 is 0.921 bits per heavy atom. The van der Waals surface area contributed by atoms with Crippen molar-refractivity contribution in [3.63, 3.8) is 0 Å². The normalized spacial score (nSPS) is 15.1. The highest BCUT2D eigenvalue weighted by Crippen LogP contribution is 2.25. The van der Waals surface area contributed by atoms with Gasteiger partial charge in [-0.1, -0.05) is 36.4 Å². The molecule has 2 heterocycles. The Morgan fingerprint density at radius 3 is 2.50 bits per heavy atom. The van der Waals surface area contributed by atoms with Gasteiger partial charge < -0.3 is 19.1 Å². The van der Waals surface area contributed by atoms with Gasteiger partial charge in [-0.05, 0) is 48.9 Å². The van der Waals surface area contributed by atoms with Crippen molar-refractivity contribution in [3.8, 4) is 5.69 Å². The van der Waals surface area contributed by atoms with Crippen molar-refractivity contribution in [1.29, 1.82) is 0 Å². The number of carbonyl (C=O) groups excluding carboxylic acids is 1. The zero-order valence-corrected chi connectivity index (χ0v) is 22.0. The third kappa shape index (κ3) is 6.05. The molecule has 1 aromatic heterocycles. The van der Waals surface area contributed by atoms with E-state index < -0.39 is 0 Å². The number of carbonyl (C=O) groups is 1. The summed E-state index contributed by atoms with van der Waals surface area (Å²) in [6.07, 6.45) is 1.87. The lowest BCUT2D eigenvalue weighted by molar-refractivity contribution is -0.0584. The zero-order chi connectivity index (χ0) is 26.3. The summed E-state index contributed by atoms with van der Waals surface area (Å²) >= 11 is 0. The van der Waals surface area contributed by atoms with Crippen molar-refractivity contribution in [2.24, 2.45) is 0 Å². The molecule has 0 radical (unpaired) electrons. The molecule has 1 saturated heterocycles. The molecule has 0 bridgehead atoms. The van der Waals surface area contributed by atoms with E-state index >= 15 is 0 Å². The Labute approximate surface area is 223 Å². The summed E-state index contributed by atoms with van der Waals surface area (Å²) in [5.74, 6) is -0.376. The van der Waals surface area contributed by atoms with Crippen molar-refractivity contribution in [3.05, 3.63) is 90.3 Å². The van der Waals surface area contributed by atoms with Crippen LogP contribution in [0.15, 0.2) is 79.1 Å². The number of imidazole rings is 1. The van der Waals surface area contributed by atoms with E-state index in [9.17, 15) is 4.79 Å². The number of nitrogens with zero attached hydrogens (tertiary/aromatic N) is 4. The molecule has 0 saturated carbocycles. The van der Waals surface area contributed by atoms with Crippen LogP contribution in [-0.4, -0.2) is 73.2 Å². The fourth-order valence-electron chi connectivity index (χ4n) is 4.73. The Hall–Kier alpha value is -3.72. The summed E-state index contributed by atoms with van der Waals surface area (Å²) in [5.41, 5.74) is 5.56. The van der Waals surface area contributed by atoms with Gasteiger partial charge in [-0.15, -0.1) is 0 Å². The number of rotatable bonds is 10. The predicted octanol–water partition coefficient (Wildman–Crippen LogP) is 4.51. The van der Waals surface area contributed by atoms with Crippen LogP contribution < -0.4 is 4.90 Å². The first-order valence-electron chi connectivity index (χ1n) is 13.0. The fourth-order valence-corrected chi connectivity index (χ4v) is 4.73. The van der Waals surface area contributed by atoms with Gasteiger partial charge in [0, 0.05) is 44.7 Å². The molecule has 3 aromatic carbocycles. The highest BCUT2D eigenvalue weighted by molar-refractivity contribution is 5.94. The molecule has 4 aromatic rings. The predicted molar refractivity (Wildman–Crippen MR) is 148 cm³/mol. The Morgan fingerprint density at radius 2 is 1.71 bits per heavy atom. The molecule has 0 N–H and O–H groups in total. The van der Waals surface area contributed by atoms with Crippen molar-refractivity contribution < 1.29 is 19.0 Å². The average Bonchev–Trinajstić information content (AvgIpc) is 3.40. The second kappa shape index (κ2) is 12.2. The van der Waals surface area contributed by atoms with Crippen molar-refractivity contribution in [2.45, 2.75) is 19.8 Å². The average molecular weight is 515 g/mol. The van der Waals surface area contributed by atoms with Crippen LogP contribution in [-0.2, 0) is 20.8 Å². The number of hydrogen-bond donors (Lipinski definition) is 0. The van der Waals surface area contributed by atoms with Gasteiger partial charge in [0.1, 0.15) is 19.2 Å². The van der Waals surface area contributed by atoms with Crippen molar-refractivity contribution in [2.75, 3.05) is 51.4 Å². The summed E-state index contributed by atoms with van der Waals surface area (Å²) in [5, 5.41) is 0. The third-order valence-electron chi connectivity index (χ3n) is 6.94. The first-order chi connectivity index (χ1) is 18.6. The van der Waals surface area contributed by atoms with Gasteiger partial charge in [0.25, 0.3) is 0 Å². The number of hydrogen-bond acceptors (Lipinski definition) is 7. The molecule has 198 valence electrons. The maximum atomic E-state index is 12.3. The number of aromatic nitrogens is 2. The number of ether oxygens (including phenoxy) is 3. The number of fused-ring (bicyclic) bond motifs is 1. The molecule has 1 aliphatic heterocycles. The molecule has 5 rings (SSSR count). The summed E-state index contributed by atoms with van der Waals surface area (Å²) in [4.78, 5) is 21.6. The molecule has 1 aliphatic rings. The topological polar surface area (TPSA) is 69.1 Å². The van der Waals surface area contributed by atoms with Crippen LogP contribution in [0.25, 0.3) is 16.7 Å². The molecule has 1 atom stereocenters. The Balaban J connectivity index is 1.21. The van der Waals surface area contributed by atoms with Gasteiger partial charge >= 0.3 is 5.97 Å². The molecule has 38 heavy (non-hydrogen) atoms. The molecule has 1 unspecified atom stereocenters. The standard InChI is InChI=1S/C30H34N4O4/c1-23(38-21-24-7-4-3-5-8-24)32-13-15-33(16-14-32)26-9-6-10-27(20-26)34-22-31-28-19-25(11-12-29(28)34)30(35)37-18-17-36-2/h3-12,19-20,22-23H,13-18,21H2,1-2H3. The van der Waals surface area contributed by atoms with Crippen LogP contribution in [0, 0.1) is 0 Å². The van der Waals surface area contributed by atoms with Gasteiger partial charge in [-0.3, -0.25) is 9.47 Å². The highest BCUT2D eigenvalue weighted by Gasteiger charge is 2.22. The summed E-state index contributed by atoms with van der Waals surface area (Å²) in [6, 6.07) is 24.3. The lowest BCUT2D eigenvalue weighted by Gasteiger charge is -2.39. The van der Waals surface area contributed by atoms with Crippen LogP contribution >= 0.6 is 0 Å². The van der Waals surface area contributed by atoms with E-state index in [1.165, 1.54) is 11.3 Å². The maximum Gasteiger partial charge on any atom is 0.338 e. The second-order valence-electron chi connectivity index (χ2n) is 9.39. The van der Waals surface area contributed by atoms with Gasteiger partial charge in [-0.25, -0.2) is 9.78 Å². The zero-order valence-electron chi connectivity index (χ0n) is 22.0. The molecular formula is C30H34N4O4. The summed E-state index contributed by atoms with van der Waals surface area (Å²) in [6.45, 7) is 7.10. The second-order valence-corrected chi connectivity index (χ2v) is 9.39. The first-order valence-corrected chi connectivity index (χ1v) is 13.0. The van der Waals surface area contributed by atoms with Crippen LogP contribution in [0.1, 0.15) is 22.8 Å². The van der Waals surface area contributed by atoms with E-state index in [1.807, 2.05) is 24.3 Å². The smallest absolute Gasteiger partial charge is 0.338 e. The minimum atomic E-state index is -0.376. The molecule has 1 fully saturated rings. The molecule has 0 spiro atoms. The summed E-state index contributed by atoms with van der Waals surface area (Å²) < 4.78 is 18.4. The first kappa shape index (κ1) is 25.9. The van der Waals surface area contributed by atoms with Gasteiger partial charge in [-0.2, -0.15) is 0 Å². The lowest BCUT2D eigenvalue weighted by Crippen LogP contribution is -2.50. The van der Waals surface area contributed by atoms with Crippen LogP contribution in [0.4, 0.5) is 5.69 Å². The van der Waals surface area contributed by atoms with E-state index in [4.69, 9.17) is 14.2 Å². The maximum absolute atomic E-state index is 12.3. The van der Waals surface area contributed by atoms with Crippen LogP contribution in [0.2, 0.25) is 0 Å². The molecular weight excluding hydrogens is 480 g/mol. The third-order valence-corrected chi connectivity index (χ3v) is 6.94. The molecule has 8 nitrogen and oxygen atoms in total. The number of anilines is 1. The van der Waals surface area contributed by atoms with Gasteiger partial charge in [0.2, 0.25) is 0 Å². The van der Waals surface area contributed by atoms with Gasteiger partial charge in [0.15, 0.2) is 0 Å².